The van der Waals surface area contributed by atoms with Crippen molar-refractivity contribution in [3.8, 4) is 5.75 Å². The number of rotatable bonds is 8. The number of halogens is 1. The van der Waals surface area contributed by atoms with Gasteiger partial charge in [-0.15, -0.1) is 0 Å². The third kappa shape index (κ3) is 5.29. The van der Waals surface area contributed by atoms with E-state index >= 15 is 0 Å². The molecule has 3 heterocycles. The van der Waals surface area contributed by atoms with Crippen molar-refractivity contribution in [2.75, 3.05) is 39.3 Å². The van der Waals surface area contributed by atoms with Crippen LogP contribution in [0.1, 0.15) is 18.0 Å². The van der Waals surface area contributed by atoms with Gasteiger partial charge in [0.05, 0.1) is 12.5 Å². The van der Waals surface area contributed by atoms with Gasteiger partial charge in [-0.05, 0) is 58.8 Å². The summed E-state index contributed by atoms with van der Waals surface area (Å²) in [5.41, 5.74) is 1.18. The Bertz CT molecular complexity index is 870. The molecule has 1 aliphatic heterocycles. The lowest BCUT2D eigenvalue weighted by Gasteiger charge is -2.35. The van der Waals surface area contributed by atoms with Crippen molar-refractivity contribution in [1.29, 1.82) is 0 Å². The molecule has 0 spiro atoms. The number of hydrogen-bond acceptors (Lipinski definition) is 4. The number of nitrogens with zero attached hydrogens (tertiary/aromatic N) is 3. The first kappa shape index (κ1) is 20.6. The molecular formula is C23H26FN3O2S. The van der Waals surface area contributed by atoms with E-state index in [4.69, 9.17) is 4.74 Å². The second kappa shape index (κ2) is 9.91. The smallest absolute Gasteiger partial charge is 0.225 e. The minimum absolute atomic E-state index is 0.0425. The zero-order valence-corrected chi connectivity index (χ0v) is 17.6. The fourth-order valence-electron chi connectivity index (χ4n) is 3.75. The summed E-state index contributed by atoms with van der Waals surface area (Å²) in [4.78, 5) is 17.2. The first-order chi connectivity index (χ1) is 14.7. The van der Waals surface area contributed by atoms with E-state index in [1.54, 1.807) is 23.5 Å². The average Bonchev–Trinajstić information content (AvgIpc) is 3.48. The van der Waals surface area contributed by atoms with Crippen molar-refractivity contribution in [1.82, 2.24) is 14.4 Å². The second-order valence-electron chi connectivity index (χ2n) is 7.43. The Morgan fingerprint density at radius 3 is 2.47 bits per heavy atom. The van der Waals surface area contributed by atoms with Gasteiger partial charge in [-0.25, -0.2) is 4.39 Å². The van der Waals surface area contributed by atoms with Crippen LogP contribution in [-0.2, 0) is 4.79 Å². The number of thiophene rings is 1. The Morgan fingerprint density at radius 1 is 1.07 bits per heavy atom. The molecule has 0 N–H and O–H groups in total. The van der Waals surface area contributed by atoms with Gasteiger partial charge in [0.1, 0.15) is 18.2 Å². The van der Waals surface area contributed by atoms with Crippen molar-refractivity contribution in [3.05, 3.63) is 77.0 Å². The highest BCUT2D eigenvalue weighted by Crippen LogP contribution is 2.25. The highest BCUT2D eigenvalue weighted by atomic mass is 32.1. The van der Waals surface area contributed by atoms with Gasteiger partial charge in [0.15, 0.2) is 0 Å². The largest absolute Gasteiger partial charge is 0.492 e. The lowest BCUT2D eigenvalue weighted by molar-refractivity contribution is -0.133. The Balaban J connectivity index is 1.24. The molecule has 7 heteroatoms. The molecule has 1 aliphatic rings. The summed E-state index contributed by atoms with van der Waals surface area (Å²) in [5.74, 6) is 0.609. The number of carbonyl (C=O) groups is 1. The van der Waals surface area contributed by atoms with Crippen LogP contribution < -0.4 is 4.74 Å². The maximum atomic E-state index is 13.0. The van der Waals surface area contributed by atoms with Crippen molar-refractivity contribution in [2.45, 2.75) is 12.5 Å². The Hall–Kier alpha value is -2.64. The fourth-order valence-corrected chi connectivity index (χ4v) is 4.46. The minimum Gasteiger partial charge on any atom is -0.492 e. The van der Waals surface area contributed by atoms with Crippen LogP contribution in [0.4, 0.5) is 4.39 Å². The molecular weight excluding hydrogens is 401 g/mol. The van der Waals surface area contributed by atoms with Gasteiger partial charge in [0.25, 0.3) is 0 Å². The molecule has 1 amide bonds. The van der Waals surface area contributed by atoms with E-state index in [2.05, 4.69) is 26.3 Å². The number of carbonyl (C=O) groups excluding carboxylic acids is 1. The summed E-state index contributed by atoms with van der Waals surface area (Å²) in [6.07, 6.45) is 4.52. The van der Waals surface area contributed by atoms with Crippen molar-refractivity contribution in [2.24, 2.45) is 0 Å². The summed E-state index contributed by atoms with van der Waals surface area (Å²) in [6, 6.07) is 12.2. The van der Waals surface area contributed by atoms with Crippen LogP contribution in [0.25, 0.3) is 0 Å². The second-order valence-corrected chi connectivity index (χ2v) is 8.21. The molecule has 4 rings (SSSR count). The molecule has 0 aliphatic carbocycles. The number of benzene rings is 1. The van der Waals surface area contributed by atoms with E-state index in [9.17, 15) is 9.18 Å². The molecule has 3 aromatic rings. The maximum absolute atomic E-state index is 13.0. The van der Waals surface area contributed by atoms with E-state index in [0.717, 1.165) is 32.7 Å². The van der Waals surface area contributed by atoms with E-state index < -0.39 is 0 Å². The average molecular weight is 428 g/mol. The van der Waals surface area contributed by atoms with Gasteiger partial charge in [0.2, 0.25) is 5.91 Å². The predicted octanol–water partition coefficient (Wildman–Crippen LogP) is 3.89. The maximum Gasteiger partial charge on any atom is 0.225 e. The topological polar surface area (TPSA) is 37.7 Å². The monoisotopic (exact) mass is 427 g/mol. The molecule has 0 bridgehead atoms. The summed E-state index contributed by atoms with van der Waals surface area (Å²) in [5, 5.41) is 4.18. The number of aromatic nitrogens is 1. The molecule has 0 radical (unpaired) electrons. The van der Waals surface area contributed by atoms with Crippen molar-refractivity contribution in [3.63, 3.8) is 0 Å². The zero-order valence-electron chi connectivity index (χ0n) is 16.8. The SMILES string of the molecule is O=C(C[C@@H](c1ccsc1)n1cccc1)N1CCN(CCOc2ccc(F)cc2)CC1. The van der Waals surface area contributed by atoms with Crippen molar-refractivity contribution >= 4 is 17.2 Å². The highest BCUT2D eigenvalue weighted by Gasteiger charge is 2.25. The van der Waals surface area contributed by atoms with Gasteiger partial charge in [0, 0.05) is 45.1 Å². The number of hydrogen-bond donors (Lipinski definition) is 0. The molecule has 5 nitrogen and oxygen atoms in total. The van der Waals surface area contributed by atoms with Crippen LogP contribution in [0.15, 0.2) is 65.6 Å². The number of amides is 1. The van der Waals surface area contributed by atoms with E-state index in [-0.39, 0.29) is 17.8 Å². The lowest BCUT2D eigenvalue weighted by atomic mass is 10.1. The number of piperazine rings is 1. The van der Waals surface area contributed by atoms with Crippen LogP contribution in [0.5, 0.6) is 5.75 Å². The lowest BCUT2D eigenvalue weighted by Crippen LogP contribution is -2.49. The minimum atomic E-state index is -0.263. The van der Waals surface area contributed by atoms with Gasteiger partial charge >= 0.3 is 0 Å². The predicted molar refractivity (Wildman–Crippen MR) is 116 cm³/mol. The van der Waals surface area contributed by atoms with Crippen LogP contribution >= 0.6 is 11.3 Å². The molecule has 1 saturated heterocycles. The molecule has 1 atom stereocenters. The molecule has 158 valence electrons. The van der Waals surface area contributed by atoms with Gasteiger partial charge < -0.3 is 14.2 Å². The van der Waals surface area contributed by atoms with Crippen LogP contribution in [0.3, 0.4) is 0 Å². The van der Waals surface area contributed by atoms with E-state index in [0.29, 0.717) is 18.8 Å². The normalized spacial score (nSPS) is 15.8. The molecule has 1 aromatic carbocycles. The summed E-state index contributed by atoms with van der Waals surface area (Å²) in [6.45, 7) is 4.49. The van der Waals surface area contributed by atoms with E-state index in [1.807, 2.05) is 29.4 Å². The Kier molecular flexibility index (Phi) is 6.81. The first-order valence-electron chi connectivity index (χ1n) is 10.2. The summed E-state index contributed by atoms with van der Waals surface area (Å²) < 4.78 is 20.7. The van der Waals surface area contributed by atoms with Gasteiger partial charge in [-0.3, -0.25) is 9.69 Å². The Morgan fingerprint density at radius 2 is 1.80 bits per heavy atom. The van der Waals surface area contributed by atoms with E-state index in [1.165, 1.54) is 17.7 Å². The van der Waals surface area contributed by atoms with Crippen LogP contribution in [0, 0.1) is 5.82 Å². The molecule has 2 aromatic heterocycles. The summed E-state index contributed by atoms with van der Waals surface area (Å²) in [7, 11) is 0. The third-order valence-corrected chi connectivity index (χ3v) is 6.20. The molecule has 0 saturated carbocycles. The fraction of sp³-hybridized carbons (Fsp3) is 0.348. The van der Waals surface area contributed by atoms with Crippen LogP contribution in [0.2, 0.25) is 0 Å². The quantitative estimate of drug-likeness (QED) is 0.547. The number of ether oxygens (including phenoxy) is 1. The summed E-state index contributed by atoms with van der Waals surface area (Å²) >= 11 is 1.66. The highest BCUT2D eigenvalue weighted by molar-refractivity contribution is 7.08. The van der Waals surface area contributed by atoms with Crippen molar-refractivity contribution < 1.29 is 13.9 Å². The third-order valence-electron chi connectivity index (χ3n) is 5.50. The standard InChI is InChI=1S/C23H26FN3O2S/c24-20-3-5-21(6-4-20)29-15-14-25-10-12-27(13-11-25)23(28)17-22(19-7-16-30-18-19)26-8-1-2-9-26/h1-9,16,18,22H,10-15,17H2/t22-/m0/s1. The zero-order chi connectivity index (χ0) is 20.8. The molecule has 1 fully saturated rings. The molecule has 30 heavy (non-hydrogen) atoms. The van der Waals surface area contributed by atoms with Gasteiger partial charge in [-0.1, -0.05) is 0 Å². The first-order valence-corrected chi connectivity index (χ1v) is 11.2. The van der Waals surface area contributed by atoms with Gasteiger partial charge in [-0.2, -0.15) is 11.3 Å². The molecule has 0 unspecified atom stereocenters. The Labute approximate surface area is 180 Å². The van der Waals surface area contributed by atoms with Crippen LogP contribution in [-0.4, -0.2) is 59.6 Å².